The number of allylic oxidation sites excluding steroid dienone is 2. The number of ketones is 1. The van der Waals surface area contributed by atoms with E-state index in [0.717, 1.165) is 18.4 Å². The summed E-state index contributed by atoms with van der Waals surface area (Å²) in [6.07, 6.45) is 9.25. The summed E-state index contributed by atoms with van der Waals surface area (Å²) in [7, 11) is 1.52. The fourth-order valence-corrected chi connectivity index (χ4v) is 2.00. The molecule has 1 rings (SSSR count). The maximum atomic E-state index is 11.6. The average Bonchev–Trinajstić information content (AvgIpc) is 2.44. The standard InChI is InChI=1S/C17H24O3/c1-3-4-5-6-9-15(18)10-7-8-14-11-12-17(20-2)16(19)13-14/h7,10-13,19H,3-6,8-9H2,1-2H3. The van der Waals surface area contributed by atoms with Crippen molar-refractivity contribution in [3.05, 3.63) is 35.9 Å². The molecule has 1 aromatic carbocycles. The first-order valence-corrected chi connectivity index (χ1v) is 7.22. The van der Waals surface area contributed by atoms with E-state index in [2.05, 4.69) is 6.92 Å². The third-order valence-corrected chi connectivity index (χ3v) is 3.18. The van der Waals surface area contributed by atoms with Gasteiger partial charge < -0.3 is 9.84 Å². The molecular formula is C17H24O3. The number of unbranched alkanes of at least 4 members (excludes halogenated alkanes) is 3. The highest BCUT2D eigenvalue weighted by molar-refractivity contribution is 5.89. The minimum absolute atomic E-state index is 0.129. The van der Waals surface area contributed by atoms with E-state index in [-0.39, 0.29) is 11.5 Å². The molecule has 0 aliphatic carbocycles. The zero-order chi connectivity index (χ0) is 14.8. The van der Waals surface area contributed by atoms with Gasteiger partial charge in [0.1, 0.15) is 0 Å². The Labute approximate surface area is 121 Å². The SMILES string of the molecule is CCCCCCC(=O)C=CCc1ccc(OC)c(O)c1. The lowest BCUT2D eigenvalue weighted by molar-refractivity contribution is -0.114. The van der Waals surface area contributed by atoms with Gasteiger partial charge in [-0.3, -0.25) is 4.79 Å². The molecule has 0 aliphatic heterocycles. The molecule has 3 heteroatoms. The van der Waals surface area contributed by atoms with Crippen LogP contribution >= 0.6 is 0 Å². The number of carbonyl (C=O) groups excluding carboxylic acids is 1. The summed E-state index contributed by atoms with van der Waals surface area (Å²) in [6.45, 7) is 2.16. The molecule has 1 N–H and O–H groups in total. The molecule has 0 bridgehead atoms. The van der Waals surface area contributed by atoms with Crippen molar-refractivity contribution in [3.8, 4) is 11.5 Å². The van der Waals surface area contributed by atoms with Gasteiger partial charge in [-0.25, -0.2) is 0 Å². The Morgan fingerprint density at radius 2 is 2.10 bits per heavy atom. The summed E-state index contributed by atoms with van der Waals surface area (Å²) in [4.78, 5) is 11.6. The van der Waals surface area contributed by atoms with E-state index in [1.54, 1.807) is 18.2 Å². The smallest absolute Gasteiger partial charge is 0.160 e. The molecule has 0 spiro atoms. The maximum Gasteiger partial charge on any atom is 0.160 e. The molecule has 1 aromatic rings. The van der Waals surface area contributed by atoms with Crippen molar-refractivity contribution in [2.24, 2.45) is 0 Å². The fourth-order valence-electron chi connectivity index (χ4n) is 2.00. The summed E-state index contributed by atoms with van der Waals surface area (Å²) in [5.74, 6) is 0.771. The van der Waals surface area contributed by atoms with E-state index < -0.39 is 0 Å². The first-order chi connectivity index (χ1) is 9.67. The third kappa shape index (κ3) is 5.91. The van der Waals surface area contributed by atoms with E-state index >= 15 is 0 Å². The van der Waals surface area contributed by atoms with Gasteiger partial charge in [-0.05, 0) is 36.6 Å². The first kappa shape index (κ1) is 16.3. The molecule has 0 aromatic heterocycles. The third-order valence-electron chi connectivity index (χ3n) is 3.18. The molecule has 0 radical (unpaired) electrons. The number of phenols is 1. The van der Waals surface area contributed by atoms with E-state index in [1.165, 1.54) is 20.0 Å². The number of carbonyl (C=O) groups is 1. The summed E-state index contributed by atoms with van der Waals surface area (Å²) >= 11 is 0. The van der Waals surface area contributed by atoms with Crippen LogP contribution in [0.5, 0.6) is 11.5 Å². The highest BCUT2D eigenvalue weighted by atomic mass is 16.5. The Bertz CT molecular complexity index is 450. The molecule has 20 heavy (non-hydrogen) atoms. The molecule has 3 nitrogen and oxygen atoms in total. The van der Waals surface area contributed by atoms with Gasteiger partial charge in [0.2, 0.25) is 0 Å². The molecule has 0 atom stereocenters. The second-order valence-corrected chi connectivity index (χ2v) is 4.89. The molecule has 110 valence electrons. The highest BCUT2D eigenvalue weighted by Crippen LogP contribution is 2.26. The van der Waals surface area contributed by atoms with Crippen LogP contribution in [0.2, 0.25) is 0 Å². The van der Waals surface area contributed by atoms with Crippen LogP contribution in [0.3, 0.4) is 0 Å². The Kier molecular flexibility index (Phi) is 7.48. The predicted octanol–water partition coefficient (Wildman–Crippen LogP) is 4.04. The van der Waals surface area contributed by atoms with E-state index in [4.69, 9.17) is 4.74 Å². The molecule has 0 heterocycles. The van der Waals surface area contributed by atoms with Crippen LogP contribution in [0.15, 0.2) is 30.4 Å². The fraction of sp³-hybridized carbons (Fsp3) is 0.471. The van der Waals surface area contributed by atoms with Crippen LogP contribution in [0, 0.1) is 0 Å². The van der Waals surface area contributed by atoms with E-state index in [0.29, 0.717) is 18.6 Å². The Hall–Kier alpha value is -1.77. The van der Waals surface area contributed by atoms with Crippen molar-refractivity contribution in [1.29, 1.82) is 0 Å². The van der Waals surface area contributed by atoms with Gasteiger partial charge in [-0.1, -0.05) is 38.3 Å². The molecular weight excluding hydrogens is 252 g/mol. The number of benzene rings is 1. The number of hydrogen-bond donors (Lipinski definition) is 1. The van der Waals surface area contributed by atoms with Gasteiger partial charge in [-0.15, -0.1) is 0 Å². The van der Waals surface area contributed by atoms with Gasteiger partial charge in [0.05, 0.1) is 7.11 Å². The lowest BCUT2D eigenvalue weighted by atomic mass is 10.1. The van der Waals surface area contributed by atoms with Gasteiger partial charge >= 0.3 is 0 Å². The van der Waals surface area contributed by atoms with Gasteiger partial charge in [0.15, 0.2) is 17.3 Å². The topological polar surface area (TPSA) is 46.5 Å². The Morgan fingerprint density at radius 3 is 2.75 bits per heavy atom. The Morgan fingerprint density at radius 1 is 1.30 bits per heavy atom. The lowest BCUT2D eigenvalue weighted by Gasteiger charge is -2.04. The van der Waals surface area contributed by atoms with Crippen molar-refractivity contribution >= 4 is 5.78 Å². The molecule has 0 amide bonds. The van der Waals surface area contributed by atoms with Crippen molar-refractivity contribution in [1.82, 2.24) is 0 Å². The quantitative estimate of drug-likeness (QED) is 0.547. The van der Waals surface area contributed by atoms with Gasteiger partial charge in [0.25, 0.3) is 0 Å². The zero-order valence-electron chi connectivity index (χ0n) is 12.4. The second kappa shape index (κ2) is 9.18. The molecule has 0 saturated carbocycles. The van der Waals surface area contributed by atoms with Crippen LogP contribution in [-0.2, 0) is 11.2 Å². The predicted molar refractivity (Wildman–Crippen MR) is 81.3 cm³/mol. The summed E-state index contributed by atoms with van der Waals surface area (Å²) in [6, 6.07) is 5.27. The van der Waals surface area contributed by atoms with Crippen molar-refractivity contribution in [3.63, 3.8) is 0 Å². The summed E-state index contributed by atoms with van der Waals surface area (Å²) in [5, 5.41) is 9.65. The number of ether oxygens (including phenoxy) is 1. The molecule has 0 unspecified atom stereocenters. The van der Waals surface area contributed by atoms with E-state index in [1.807, 2.05) is 12.1 Å². The van der Waals surface area contributed by atoms with Crippen LogP contribution in [-0.4, -0.2) is 18.0 Å². The lowest BCUT2D eigenvalue weighted by Crippen LogP contribution is -1.93. The number of methoxy groups -OCH3 is 1. The monoisotopic (exact) mass is 276 g/mol. The zero-order valence-corrected chi connectivity index (χ0v) is 12.4. The number of aromatic hydroxyl groups is 1. The minimum Gasteiger partial charge on any atom is -0.504 e. The van der Waals surface area contributed by atoms with Crippen LogP contribution in [0.4, 0.5) is 0 Å². The number of phenolic OH excluding ortho intramolecular Hbond substituents is 1. The van der Waals surface area contributed by atoms with Crippen LogP contribution < -0.4 is 4.74 Å². The van der Waals surface area contributed by atoms with Crippen LogP contribution in [0.1, 0.15) is 44.6 Å². The average molecular weight is 276 g/mol. The van der Waals surface area contributed by atoms with E-state index in [9.17, 15) is 9.90 Å². The number of rotatable bonds is 9. The van der Waals surface area contributed by atoms with Gasteiger partial charge in [0, 0.05) is 6.42 Å². The first-order valence-electron chi connectivity index (χ1n) is 7.22. The Balaban J connectivity index is 2.36. The van der Waals surface area contributed by atoms with Crippen LogP contribution in [0.25, 0.3) is 0 Å². The minimum atomic E-state index is 0.129. The summed E-state index contributed by atoms with van der Waals surface area (Å²) < 4.78 is 4.98. The second-order valence-electron chi connectivity index (χ2n) is 4.89. The highest BCUT2D eigenvalue weighted by Gasteiger charge is 2.01. The largest absolute Gasteiger partial charge is 0.504 e. The molecule has 0 fully saturated rings. The van der Waals surface area contributed by atoms with Crippen molar-refractivity contribution in [2.45, 2.75) is 45.4 Å². The molecule has 0 saturated heterocycles. The van der Waals surface area contributed by atoms with Crippen molar-refractivity contribution in [2.75, 3.05) is 7.11 Å². The molecule has 0 aliphatic rings. The maximum absolute atomic E-state index is 11.6. The number of hydrogen-bond acceptors (Lipinski definition) is 3. The normalized spacial score (nSPS) is 10.9. The van der Waals surface area contributed by atoms with Gasteiger partial charge in [-0.2, -0.15) is 0 Å². The van der Waals surface area contributed by atoms with Crippen molar-refractivity contribution < 1.29 is 14.6 Å². The summed E-state index contributed by atoms with van der Waals surface area (Å²) in [5.41, 5.74) is 0.957.